The van der Waals surface area contributed by atoms with Gasteiger partial charge < -0.3 is 11.1 Å². The summed E-state index contributed by atoms with van der Waals surface area (Å²) in [7, 11) is 0. The third-order valence-electron chi connectivity index (χ3n) is 5.68. The predicted molar refractivity (Wildman–Crippen MR) is 83.6 cm³/mol. The molecule has 112 valence electrons. The smallest absolute Gasteiger partial charge is 0.229 e. The van der Waals surface area contributed by atoms with Gasteiger partial charge in [0, 0.05) is 5.92 Å². The Hall–Kier alpha value is -1.43. The molecule has 1 heterocycles. The van der Waals surface area contributed by atoms with Gasteiger partial charge in [0.25, 0.3) is 0 Å². The van der Waals surface area contributed by atoms with Crippen molar-refractivity contribution >= 4 is 28.9 Å². The molecule has 6 heteroatoms. The van der Waals surface area contributed by atoms with E-state index in [0.29, 0.717) is 23.2 Å². The molecule has 0 spiro atoms. The Morgan fingerprint density at radius 3 is 2.43 bits per heavy atom. The predicted octanol–water partition coefficient (Wildman–Crippen LogP) is 2.05. The SMILES string of the molecule is NC(=S)c1cn[nH]c1NC(=O)C1C2CC3CC(C2)CC1C3. The summed E-state index contributed by atoms with van der Waals surface area (Å²) >= 11 is 4.98. The molecular formula is C15H20N4OS. The summed E-state index contributed by atoms with van der Waals surface area (Å²) in [6.45, 7) is 0. The summed E-state index contributed by atoms with van der Waals surface area (Å²) < 4.78 is 0. The van der Waals surface area contributed by atoms with Gasteiger partial charge in [-0.05, 0) is 55.8 Å². The van der Waals surface area contributed by atoms with Gasteiger partial charge in [-0.2, -0.15) is 5.10 Å². The molecule has 4 bridgehead atoms. The van der Waals surface area contributed by atoms with Gasteiger partial charge in [-0.25, -0.2) is 0 Å². The van der Waals surface area contributed by atoms with Gasteiger partial charge in [0.2, 0.25) is 5.91 Å². The summed E-state index contributed by atoms with van der Waals surface area (Å²) in [5.74, 6) is 3.69. The van der Waals surface area contributed by atoms with E-state index in [1.54, 1.807) is 6.20 Å². The number of thiocarbonyl (C=S) groups is 1. The first-order chi connectivity index (χ1) is 10.1. The lowest BCUT2D eigenvalue weighted by Gasteiger charge is -2.53. The van der Waals surface area contributed by atoms with E-state index < -0.39 is 0 Å². The van der Waals surface area contributed by atoms with Gasteiger partial charge in [-0.1, -0.05) is 12.2 Å². The zero-order valence-electron chi connectivity index (χ0n) is 11.8. The van der Waals surface area contributed by atoms with Crippen molar-refractivity contribution in [2.45, 2.75) is 32.1 Å². The summed E-state index contributed by atoms with van der Waals surface area (Å²) in [6.07, 6.45) is 7.89. The molecule has 0 aromatic carbocycles. The highest BCUT2D eigenvalue weighted by Crippen LogP contribution is 2.56. The molecule has 5 nitrogen and oxygen atoms in total. The van der Waals surface area contributed by atoms with Crippen molar-refractivity contribution in [3.8, 4) is 0 Å². The summed E-state index contributed by atoms with van der Waals surface area (Å²) in [5.41, 5.74) is 6.26. The lowest BCUT2D eigenvalue weighted by molar-refractivity contribution is -0.132. The highest BCUT2D eigenvalue weighted by molar-refractivity contribution is 7.80. The molecule has 4 N–H and O–H groups in total. The van der Waals surface area contributed by atoms with Crippen LogP contribution in [-0.4, -0.2) is 21.1 Å². The fourth-order valence-corrected chi connectivity index (χ4v) is 5.28. The van der Waals surface area contributed by atoms with Crippen LogP contribution < -0.4 is 11.1 Å². The number of nitrogens with two attached hydrogens (primary N) is 1. The monoisotopic (exact) mass is 304 g/mol. The molecule has 0 unspecified atom stereocenters. The number of H-pyrrole nitrogens is 1. The number of rotatable bonds is 3. The molecule has 4 aliphatic carbocycles. The van der Waals surface area contributed by atoms with E-state index in [4.69, 9.17) is 18.0 Å². The van der Waals surface area contributed by atoms with E-state index in [2.05, 4.69) is 15.5 Å². The maximum Gasteiger partial charge on any atom is 0.229 e. The molecule has 5 rings (SSSR count). The van der Waals surface area contributed by atoms with Crippen molar-refractivity contribution in [2.75, 3.05) is 5.32 Å². The van der Waals surface area contributed by atoms with Crippen LogP contribution in [0.5, 0.6) is 0 Å². The van der Waals surface area contributed by atoms with Crippen LogP contribution in [-0.2, 0) is 4.79 Å². The number of anilines is 1. The van der Waals surface area contributed by atoms with Gasteiger partial charge >= 0.3 is 0 Å². The topological polar surface area (TPSA) is 83.8 Å². The number of carbonyl (C=O) groups excluding carboxylic acids is 1. The van der Waals surface area contributed by atoms with Crippen LogP contribution in [0.1, 0.15) is 37.7 Å². The Kier molecular flexibility index (Phi) is 3.03. The van der Waals surface area contributed by atoms with E-state index >= 15 is 0 Å². The second kappa shape index (κ2) is 4.80. The average Bonchev–Trinajstić information content (AvgIpc) is 2.85. The van der Waals surface area contributed by atoms with Crippen molar-refractivity contribution in [3.63, 3.8) is 0 Å². The highest BCUT2D eigenvalue weighted by atomic mass is 32.1. The third kappa shape index (κ3) is 2.16. The second-order valence-electron chi connectivity index (χ2n) is 6.97. The first kappa shape index (κ1) is 13.2. The standard InChI is InChI=1S/C15H20N4OS/c16-13(21)11-6-17-19-14(11)18-15(20)12-9-2-7-1-8(4-9)5-10(12)3-7/h6-10,12H,1-5H2,(H2,16,21)(H2,17,18,19,20). The molecule has 4 aliphatic rings. The number of nitrogens with zero attached hydrogens (tertiary/aromatic N) is 1. The first-order valence-corrected chi connectivity index (χ1v) is 8.16. The van der Waals surface area contributed by atoms with Crippen molar-refractivity contribution in [1.82, 2.24) is 10.2 Å². The van der Waals surface area contributed by atoms with E-state index in [1.165, 1.54) is 32.1 Å². The Labute approximate surface area is 129 Å². The van der Waals surface area contributed by atoms with Crippen LogP contribution in [0.25, 0.3) is 0 Å². The normalized spacial score (nSPS) is 36.7. The Balaban J connectivity index is 1.53. The number of aromatic amines is 1. The number of amides is 1. The molecule has 0 atom stereocenters. The quantitative estimate of drug-likeness (QED) is 0.746. The molecule has 4 fully saturated rings. The maximum absolute atomic E-state index is 12.7. The zero-order valence-corrected chi connectivity index (χ0v) is 12.7. The third-order valence-corrected chi connectivity index (χ3v) is 5.90. The van der Waals surface area contributed by atoms with Crippen molar-refractivity contribution < 1.29 is 4.79 Å². The van der Waals surface area contributed by atoms with Crippen LogP contribution in [0, 0.1) is 29.6 Å². The van der Waals surface area contributed by atoms with Crippen molar-refractivity contribution in [3.05, 3.63) is 11.8 Å². The average molecular weight is 304 g/mol. The lowest BCUT2D eigenvalue weighted by Crippen LogP contribution is -2.49. The largest absolute Gasteiger partial charge is 0.389 e. The van der Waals surface area contributed by atoms with E-state index in [-0.39, 0.29) is 16.8 Å². The van der Waals surface area contributed by atoms with Crippen molar-refractivity contribution in [1.29, 1.82) is 0 Å². The Bertz CT molecular complexity index is 568. The van der Waals surface area contributed by atoms with E-state index in [0.717, 1.165) is 11.8 Å². The van der Waals surface area contributed by atoms with Gasteiger partial charge in [-0.3, -0.25) is 9.89 Å². The molecular weight excluding hydrogens is 284 g/mol. The van der Waals surface area contributed by atoms with Gasteiger partial charge in [-0.15, -0.1) is 0 Å². The Morgan fingerprint density at radius 1 is 1.24 bits per heavy atom. The van der Waals surface area contributed by atoms with E-state index in [9.17, 15) is 4.79 Å². The lowest BCUT2D eigenvalue weighted by atomic mass is 9.51. The number of carbonyl (C=O) groups is 1. The number of aromatic nitrogens is 2. The van der Waals surface area contributed by atoms with Crippen LogP contribution in [0.2, 0.25) is 0 Å². The minimum atomic E-state index is 0.116. The fraction of sp³-hybridized carbons (Fsp3) is 0.667. The van der Waals surface area contributed by atoms with Crippen molar-refractivity contribution in [2.24, 2.45) is 35.3 Å². The minimum Gasteiger partial charge on any atom is -0.389 e. The summed E-state index contributed by atoms with van der Waals surface area (Å²) in [4.78, 5) is 13.0. The van der Waals surface area contributed by atoms with Gasteiger partial charge in [0.05, 0.1) is 11.8 Å². The van der Waals surface area contributed by atoms with Gasteiger partial charge in [0.15, 0.2) is 0 Å². The second-order valence-corrected chi connectivity index (χ2v) is 7.41. The molecule has 0 radical (unpaired) electrons. The summed E-state index contributed by atoms with van der Waals surface area (Å²) in [5, 5.41) is 9.69. The van der Waals surface area contributed by atoms with Crippen LogP contribution in [0.4, 0.5) is 5.82 Å². The molecule has 21 heavy (non-hydrogen) atoms. The van der Waals surface area contributed by atoms with Gasteiger partial charge in [0.1, 0.15) is 10.8 Å². The van der Waals surface area contributed by atoms with E-state index in [1.807, 2.05) is 0 Å². The summed E-state index contributed by atoms with van der Waals surface area (Å²) in [6, 6.07) is 0. The Morgan fingerprint density at radius 2 is 1.86 bits per heavy atom. The number of nitrogens with one attached hydrogen (secondary N) is 2. The number of hydrogen-bond acceptors (Lipinski definition) is 3. The molecule has 1 amide bonds. The molecule has 0 aliphatic heterocycles. The fourth-order valence-electron chi connectivity index (χ4n) is 5.13. The molecule has 1 aromatic heterocycles. The van der Waals surface area contributed by atoms with Crippen LogP contribution in [0.15, 0.2) is 6.20 Å². The molecule has 1 aromatic rings. The molecule has 0 saturated heterocycles. The number of hydrogen-bond donors (Lipinski definition) is 3. The first-order valence-electron chi connectivity index (χ1n) is 7.76. The maximum atomic E-state index is 12.7. The van der Waals surface area contributed by atoms with Crippen LogP contribution >= 0.6 is 12.2 Å². The molecule has 4 saturated carbocycles. The zero-order chi connectivity index (χ0) is 14.6. The van der Waals surface area contributed by atoms with Crippen LogP contribution in [0.3, 0.4) is 0 Å². The minimum absolute atomic E-state index is 0.116. The highest BCUT2D eigenvalue weighted by Gasteiger charge is 2.50.